The van der Waals surface area contributed by atoms with E-state index in [9.17, 15) is 9.18 Å². The van der Waals surface area contributed by atoms with Crippen LogP contribution in [0.25, 0.3) is 32.4 Å². The first-order valence-electron chi connectivity index (χ1n) is 9.27. The molecule has 2 aromatic carbocycles. The van der Waals surface area contributed by atoms with Gasteiger partial charge in [-0.1, -0.05) is 11.6 Å². The van der Waals surface area contributed by atoms with Crippen LogP contribution in [0.4, 0.5) is 4.39 Å². The molecule has 0 aliphatic heterocycles. The van der Waals surface area contributed by atoms with Gasteiger partial charge in [0.2, 0.25) is 0 Å². The van der Waals surface area contributed by atoms with E-state index in [2.05, 4.69) is 39.5 Å². The molecule has 29 heavy (non-hydrogen) atoms. The van der Waals surface area contributed by atoms with Crippen molar-refractivity contribution in [2.75, 3.05) is 0 Å². The second kappa shape index (κ2) is 6.93. The Hall–Kier alpha value is -3.32. The number of rotatable bonds is 4. The maximum Gasteiger partial charge on any atom is 0.272 e. The van der Waals surface area contributed by atoms with Crippen LogP contribution in [0.5, 0.6) is 0 Å². The first-order chi connectivity index (χ1) is 14.1. The fourth-order valence-electron chi connectivity index (χ4n) is 3.55. The number of halogens is 1. The third-order valence-corrected chi connectivity index (χ3v) is 5.94. The average Bonchev–Trinajstić information content (AvgIpc) is 3.33. The van der Waals surface area contributed by atoms with E-state index in [1.165, 1.54) is 28.6 Å². The number of aromatic nitrogens is 4. The van der Waals surface area contributed by atoms with Gasteiger partial charge in [-0.05, 0) is 66.8 Å². The number of H-pyrrole nitrogens is 1. The molecule has 1 N–H and O–H groups in total. The molecule has 0 saturated heterocycles. The Morgan fingerprint density at radius 3 is 2.83 bits per heavy atom. The number of benzene rings is 2. The highest BCUT2D eigenvalue weighted by molar-refractivity contribution is 7.13. The molecule has 0 unspecified atom stereocenters. The number of fused-ring (bicyclic) bond motifs is 2. The highest BCUT2D eigenvalue weighted by atomic mass is 32.1. The van der Waals surface area contributed by atoms with Crippen LogP contribution in [0.1, 0.15) is 11.1 Å². The van der Waals surface area contributed by atoms with Crippen LogP contribution in [0, 0.1) is 12.7 Å². The van der Waals surface area contributed by atoms with Gasteiger partial charge >= 0.3 is 0 Å². The number of hydrogen-bond donors (Lipinski definition) is 1. The molecule has 0 saturated carbocycles. The molecule has 5 rings (SSSR count). The zero-order chi connectivity index (χ0) is 20.0. The van der Waals surface area contributed by atoms with Crippen molar-refractivity contribution in [2.45, 2.75) is 19.9 Å². The van der Waals surface area contributed by atoms with Crippen LogP contribution in [-0.2, 0) is 13.0 Å². The lowest BCUT2D eigenvalue weighted by atomic mass is 10.1. The predicted octanol–water partition coefficient (Wildman–Crippen LogP) is 4.69. The zero-order valence-electron chi connectivity index (χ0n) is 15.6. The lowest BCUT2D eigenvalue weighted by Crippen LogP contribution is -2.20. The zero-order valence-corrected chi connectivity index (χ0v) is 16.5. The quantitative estimate of drug-likeness (QED) is 0.473. The Morgan fingerprint density at radius 1 is 1.17 bits per heavy atom. The van der Waals surface area contributed by atoms with Crippen LogP contribution < -0.4 is 5.56 Å². The molecule has 5 nitrogen and oxygen atoms in total. The molecule has 0 atom stereocenters. The summed E-state index contributed by atoms with van der Waals surface area (Å²) in [4.78, 5) is 20.7. The molecule has 0 bridgehead atoms. The Balaban J connectivity index is 1.47. The van der Waals surface area contributed by atoms with Crippen LogP contribution >= 0.6 is 11.5 Å². The lowest BCUT2D eigenvalue weighted by molar-refractivity contribution is 0.628. The van der Waals surface area contributed by atoms with E-state index >= 15 is 0 Å². The van der Waals surface area contributed by atoms with Gasteiger partial charge in [-0.25, -0.2) is 9.37 Å². The molecule has 0 aliphatic carbocycles. The second-order valence-electron chi connectivity index (χ2n) is 7.07. The summed E-state index contributed by atoms with van der Waals surface area (Å²) < 4.78 is 19.7. The first-order valence-corrected chi connectivity index (χ1v) is 10.0. The van der Waals surface area contributed by atoms with Gasteiger partial charge in [-0.15, -0.1) is 0 Å². The van der Waals surface area contributed by atoms with Crippen molar-refractivity contribution in [3.8, 4) is 11.3 Å². The van der Waals surface area contributed by atoms with Crippen LogP contribution in [0.15, 0.2) is 59.8 Å². The van der Waals surface area contributed by atoms with Crippen molar-refractivity contribution in [3.63, 3.8) is 0 Å². The molecule has 0 aliphatic rings. The number of nitrogens with one attached hydrogen (secondary N) is 1. The number of aryl methyl sites for hydroxylation is 3. The SMILES string of the molecule is Cc1ccc2[nH]cc(CCn3cnc4c(-c5ccc(F)cc5)nsc4c3=O)c2c1. The summed E-state index contributed by atoms with van der Waals surface area (Å²) in [6.45, 7) is 2.60. The van der Waals surface area contributed by atoms with Crippen molar-refractivity contribution < 1.29 is 4.39 Å². The van der Waals surface area contributed by atoms with E-state index in [0.717, 1.165) is 29.0 Å². The molecular formula is C22H17FN4OS. The molecular weight excluding hydrogens is 387 g/mol. The third kappa shape index (κ3) is 3.13. The summed E-state index contributed by atoms with van der Waals surface area (Å²) in [5, 5.41) is 1.18. The van der Waals surface area contributed by atoms with E-state index in [1.807, 2.05) is 6.20 Å². The van der Waals surface area contributed by atoms with Crippen molar-refractivity contribution >= 4 is 32.7 Å². The predicted molar refractivity (Wildman–Crippen MR) is 114 cm³/mol. The van der Waals surface area contributed by atoms with E-state index < -0.39 is 0 Å². The summed E-state index contributed by atoms with van der Waals surface area (Å²) in [7, 11) is 0. The van der Waals surface area contributed by atoms with Crippen LogP contribution in [-0.4, -0.2) is 18.9 Å². The normalized spacial score (nSPS) is 11.5. The van der Waals surface area contributed by atoms with Gasteiger partial charge in [0.05, 0.1) is 6.33 Å². The molecule has 0 amide bonds. The van der Waals surface area contributed by atoms with E-state index in [-0.39, 0.29) is 11.4 Å². The molecule has 144 valence electrons. The topological polar surface area (TPSA) is 63.6 Å². The summed E-state index contributed by atoms with van der Waals surface area (Å²) in [6.07, 6.45) is 4.30. The standard InChI is InChI=1S/C22H17FN4OS/c1-13-2-7-18-17(10-13)15(11-24-18)8-9-27-12-25-20-19(26-29-21(20)22(27)28)14-3-5-16(23)6-4-14/h2-7,10-12,24H,8-9H2,1H3. The third-order valence-electron chi connectivity index (χ3n) is 5.11. The minimum Gasteiger partial charge on any atom is -0.361 e. The number of nitrogens with zero attached hydrogens (tertiary/aromatic N) is 3. The maximum atomic E-state index is 13.2. The molecule has 7 heteroatoms. The van der Waals surface area contributed by atoms with E-state index in [4.69, 9.17) is 0 Å². The minimum atomic E-state index is -0.309. The maximum absolute atomic E-state index is 13.2. The smallest absolute Gasteiger partial charge is 0.272 e. The molecule has 3 aromatic heterocycles. The number of hydrogen-bond acceptors (Lipinski definition) is 4. The van der Waals surface area contributed by atoms with E-state index in [0.29, 0.717) is 22.5 Å². The molecule has 0 radical (unpaired) electrons. The minimum absolute atomic E-state index is 0.100. The monoisotopic (exact) mass is 404 g/mol. The van der Waals surface area contributed by atoms with E-state index in [1.54, 1.807) is 23.0 Å². The van der Waals surface area contributed by atoms with Gasteiger partial charge in [0.25, 0.3) is 5.56 Å². The summed E-state index contributed by atoms with van der Waals surface area (Å²) in [6, 6.07) is 12.4. The second-order valence-corrected chi connectivity index (χ2v) is 7.85. The average molecular weight is 404 g/mol. The Morgan fingerprint density at radius 2 is 2.00 bits per heavy atom. The summed E-state index contributed by atoms with van der Waals surface area (Å²) >= 11 is 1.14. The number of aromatic amines is 1. The highest BCUT2D eigenvalue weighted by Crippen LogP contribution is 2.27. The first kappa shape index (κ1) is 17.8. The highest BCUT2D eigenvalue weighted by Gasteiger charge is 2.15. The van der Waals surface area contributed by atoms with Crippen LogP contribution in [0.2, 0.25) is 0 Å². The molecule has 0 spiro atoms. The van der Waals surface area contributed by atoms with Crippen LogP contribution in [0.3, 0.4) is 0 Å². The van der Waals surface area contributed by atoms with Gasteiger partial charge in [-0.3, -0.25) is 9.36 Å². The Bertz CT molecular complexity index is 1400. The van der Waals surface area contributed by atoms with Crippen molar-refractivity contribution in [3.05, 3.63) is 82.3 Å². The Labute approximate surface area is 169 Å². The fourth-order valence-corrected chi connectivity index (χ4v) is 4.36. The van der Waals surface area contributed by atoms with Gasteiger partial charge < -0.3 is 4.98 Å². The van der Waals surface area contributed by atoms with Gasteiger partial charge in [0.1, 0.15) is 21.7 Å². The van der Waals surface area contributed by atoms with Gasteiger partial charge in [-0.2, -0.15) is 4.37 Å². The summed E-state index contributed by atoms with van der Waals surface area (Å²) in [5.41, 5.74) is 5.29. The van der Waals surface area contributed by atoms with Gasteiger partial charge in [0.15, 0.2) is 0 Å². The lowest BCUT2D eigenvalue weighted by Gasteiger charge is -2.05. The Kier molecular flexibility index (Phi) is 4.24. The molecule has 5 aromatic rings. The molecule has 0 fully saturated rings. The fraction of sp³-hybridized carbons (Fsp3) is 0.136. The van der Waals surface area contributed by atoms with Crippen molar-refractivity contribution in [1.29, 1.82) is 0 Å². The van der Waals surface area contributed by atoms with Crippen molar-refractivity contribution in [2.24, 2.45) is 0 Å². The summed E-state index contributed by atoms with van der Waals surface area (Å²) in [5.74, 6) is -0.309. The van der Waals surface area contributed by atoms with Gasteiger partial charge in [0, 0.05) is 29.2 Å². The largest absolute Gasteiger partial charge is 0.361 e. The molecule has 3 heterocycles. The van der Waals surface area contributed by atoms with Crippen molar-refractivity contribution in [1.82, 2.24) is 18.9 Å².